The molecule has 0 atom stereocenters. The smallest absolute Gasteiger partial charge is 0.220 e. The normalized spacial score (nSPS) is 9.07. The highest BCUT2D eigenvalue weighted by Gasteiger charge is 2.01. The third kappa shape index (κ3) is 2.79. The van der Waals surface area contributed by atoms with Gasteiger partial charge in [0, 0.05) is 0 Å². The van der Waals surface area contributed by atoms with E-state index in [1.807, 2.05) is 6.07 Å². The van der Waals surface area contributed by atoms with Gasteiger partial charge in [-0.3, -0.25) is 4.79 Å². The lowest BCUT2D eigenvalue weighted by Crippen LogP contribution is -2.14. The summed E-state index contributed by atoms with van der Waals surface area (Å²) in [6.07, 6.45) is 0.153. The summed E-state index contributed by atoms with van der Waals surface area (Å²) in [4.78, 5) is 10.4. The number of rotatable bonds is 4. The van der Waals surface area contributed by atoms with Crippen molar-refractivity contribution < 1.29 is 9.53 Å². The van der Waals surface area contributed by atoms with Crippen LogP contribution in [0.15, 0.2) is 24.3 Å². The second-order valence-electron chi connectivity index (χ2n) is 2.67. The Labute approximate surface area is 81.9 Å². The molecule has 0 fully saturated rings. The number of para-hydroxylation sites is 1. The van der Waals surface area contributed by atoms with Gasteiger partial charge in [-0.05, 0) is 12.1 Å². The van der Waals surface area contributed by atoms with Gasteiger partial charge < -0.3 is 10.5 Å². The Kier molecular flexibility index (Phi) is 3.50. The van der Waals surface area contributed by atoms with Gasteiger partial charge in [0.1, 0.15) is 11.8 Å². The number of nitrogens with two attached hydrogens (primary N) is 1. The summed E-state index contributed by atoms with van der Waals surface area (Å²) >= 11 is 0. The average molecular weight is 190 g/mol. The third-order valence-corrected chi connectivity index (χ3v) is 1.61. The van der Waals surface area contributed by atoms with Gasteiger partial charge in [-0.15, -0.1) is 0 Å². The minimum Gasteiger partial charge on any atom is -0.492 e. The molecular formula is C10H10N2O2. The summed E-state index contributed by atoms with van der Waals surface area (Å²) < 4.78 is 5.22. The Bertz CT molecular complexity index is 369. The van der Waals surface area contributed by atoms with E-state index in [2.05, 4.69) is 0 Å². The summed E-state index contributed by atoms with van der Waals surface area (Å²) in [6.45, 7) is 0.202. The van der Waals surface area contributed by atoms with Crippen LogP contribution in [-0.2, 0) is 4.79 Å². The van der Waals surface area contributed by atoms with Crippen molar-refractivity contribution in [3.05, 3.63) is 29.8 Å². The first-order valence-corrected chi connectivity index (χ1v) is 4.14. The summed E-state index contributed by atoms with van der Waals surface area (Å²) in [6, 6.07) is 8.84. The molecule has 1 rings (SSSR count). The van der Waals surface area contributed by atoms with Gasteiger partial charge in [0.2, 0.25) is 5.91 Å². The summed E-state index contributed by atoms with van der Waals surface area (Å²) in [5, 5.41) is 8.71. The summed E-state index contributed by atoms with van der Waals surface area (Å²) in [5.41, 5.74) is 5.40. The molecular weight excluding hydrogens is 180 g/mol. The van der Waals surface area contributed by atoms with E-state index >= 15 is 0 Å². The number of primary amides is 1. The van der Waals surface area contributed by atoms with Crippen LogP contribution in [0, 0.1) is 11.3 Å². The van der Waals surface area contributed by atoms with Crippen LogP contribution in [0.4, 0.5) is 0 Å². The minimum atomic E-state index is -0.417. The molecule has 0 aliphatic rings. The first-order chi connectivity index (χ1) is 6.74. The molecule has 4 heteroatoms. The number of hydrogen-bond acceptors (Lipinski definition) is 3. The molecule has 72 valence electrons. The zero-order chi connectivity index (χ0) is 10.4. The van der Waals surface area contributed by atoms with Crippen LogP contribution in [0.3, 0.4) is 0 Å². The first-order valence-electron chi connectivity index (χ1n) is 4.14. The number of nitrogens with zero attached hydrogens (tertiary/aromatic N) is 1. The highest BCUT2D eigenvalue weighted by Crippen LogP contribution is 2.16. The van der Waals surface area contributed by atoms with Gasteiger partial charge >= 0.3 is 0 Å². The van der Waals surface area contributed by atoms with Crippen molar-refractivity contribution in [2.24, 2.45) is 5.73 Å². The second-order valence-corrected chi connectivity index (χ2v) is 2.67. The van der Waals surface area contributed by atoms with Crippen LogP contribution >= 0.6 is 0 Å². The lowest BCUT2D eigenvalue weighted by atomic mass is 10.2. The zero-order valence-corrected chi connectivity index (χ0v) is 7.56. The van der Waals surface area contributed by atoms with Gasteiger partial charge in [-0.1, -0.05) is 12.1 Å². The molecule has 0 heterocycles. The fourth-order valence-electron chi connectivity index (χ4n) is 0.946. The number of ether oxygens (including phenoxy) is 1. The highest BCUT2D eigenvalue weighted by molar-refractivity contribution is 5.73. The van der Waals surface area contributed by atoms with Crippen LogP contribution < -0.4 is 10.5 Å². The average Bonchev–Trinajstić information content (AvgIpc) is 2.18. The van der Waals surface area contributed by atoms with Gasteiger partial charge in [0.15, 0.2) is 0 Å². The molecule has 0 aliphatic carbocycles. The van der Waals surface area contributed by atoms with Crippen LogP contribution in [0.1, 0.15) is 12.0 Å². The molecule has 1 aromatic carbocycles. The molecule has 0 saturated heterocycles. The maximum atomic E-state index is 10.4. The predicted molar refractivity (Wildman–Crippen MR) is 50.5 cm³/mol. The van der Waals surface area contributed by atoms with Crippen LogP contribution in [0.25, 0.3) is 0 Å². The molecule has 2 N–H and O–H groups in total. The maximum absolute atomic E-state index is 10.4. The molecule has 14 heavy (non-hydrogen) atoms. The SMILES string of the molecule is N#Cc1ccccc1OCCC(N)=O. The Balaban J connectivity index is 2.59. The Morgan fingerprint density at radius 3 is 2.86 bits per heavy atom. The lowest BCUT2D eigenvalue weighted by molar-refractivity contribution is -0.118. The van der Waals surface area contributed by atoms with E-state index in [1.54, 1.807) is 24.3 Å². The standard InChI is InChI=1S/C10H10N2O2/c11-7-8-3-1-2-4-9(8)14-6-5-10(12)13/h1-4H,5-6H2,(H2,12,13). The Hall–Kier alpha value is -2.02. The van der Waals surface area contributed by atoms with Crippen molar-refractivity contribution in [2.75, 3.05) is 6.61 Å². The van der Waals surface area contributed by atoms with Crippen LogP contribution in [0.2, 0.25) is 0 Å². The molecule has 0 unspecified atom stereocenters. The third-order valence-electron chi connectivity index (χ3n) is 1.61. The first kappa shape index (κ1) is 10.1. The number of amides is 1. The molecule has 1 aromatic rings. The van der Waals surface area contributed by atoms with Crippen molar-refractivity contribution in [2.45, 2.75) is 6.42 Å². The molecule has 0 bridgehead atoms. The van der Waals surface area contributed by atoms with Crippen molar-refractivity contribution in [3.8, 4) is 11.8 Å². The quantitative estimate of drug-likeness (QED) is 0.763. The maximum Gasteiger partial charge on any atom is 0.220 e. The van der Waals surface area contributed by atoms with E-state index in [0.717, 1.165) is 0 Å². The molecule has 1 amide bonds. The summed E-state index contributed by atoms with van der Waals surface area (Å²) in [5.74, 6) is 0.0655. The minimum absolute atomic E-state index is 0.153. The second kappa shape index (κ2) is 4.87. The van der Waals surface area contributed by atoms with Crippen molar-refractivity contribution in [3.63, 3.8) is 0 Å². The molecule has 0 aromatic heterocycles. The van der Waals surface area contributed by atoms with Crippen molar-refractivity contribution >= 4 is 5.91 Å². The van der Waals surface area contributed by atoms with Crippen molar-refractivity contribution in [1.82, 2.24) is 0 Å². The van der Waals surface area contributed by atoms with E-state index in [4.69, 9.17) is 15.7 Å². The number of benzene rings is 1. The molecule has 0 spiro atoms. The van der Waals surface area contributed by atoms with Gasteiger partial charge in [-0.25, -0.2) is 0 Å². The van der Waals surface area contributed by atoms with Crippen LogP contribution in [-0.4, -0.2) is 12.5 Å². The molecule has 0 aliphatic heterocycles. The molecule has 4 nitrogen and oxygen atoms in total. The molecule has 0 saturated carbocycles. The number of nitriles is 1. The predicted octanol–water partition coefficient (Wildman–Crippen LogP) is 0.812. The fraction of sp³-hybridized carbons (Fsp3) is 0.200. The fourth-order valence-corrected chi connectivity index (χ4v) is 0.946. The zero-order valence-electron chi connectivity index (χ0n) is 7.56. The number of carbonyl (C=O) groups excluding carboxylic acids is 1. The van der Waals surface area contributed by atoms with Gasteiger partial charge in [-0.2, -0.15) is 5.26 Å². The Morgan fingerprint density at radius 2 is 2.21 bits per heavy atom. The van der Waals surface area contributed by atoms with E-state index in [-0.39, 0.29) is 13.0 Å². The van der Waals surface area contributed by atoms with Gasteiger partial charge in [0.05, 0.1) is 18.6 Å². The van der Waals surface area contributed by atoms with E-state index in [0.29, 0.717) is 11.3 Å². The van der Waals surface area contributed by atoms with Crippen LogP contribution in [0.5, 0.6) is 5.75 Å². The monoisotopic (exact) mass is 190 g/mol. The van der Waals surface area contributed by atoms with E-state index < -0.39 is 5.91 Å². The number of carbonyl (C=O) groups is 1. The summed E-state index contributed by atoms with van der Waals surface area (Å²) in [7, 11) is 0. The number of hydrogen-bond donors (Lipinski definition) is 1. The lowest BCUT2D eigenvalue weighted by Gasteiger charge is -2.05. The van der Waals surface area contributed by atoms with E-state index in [9.17, 15) is 4.79 Å². The van der Waals surface area contributed by atoms with Gasteiger partial charge in [0.25, 0.3) is 0 Å². The topological polar surface area (TPSA) is 76.1 Å². The highest BCUT2D eigenvalue weighted by atomic mass is 16.5. The largest absolute Gasteiger partial charge is 0.492 e. The molecule has 0 radical (unpaired) electrons. The van der Waals surface area contributed by atoms with Crippen molar-refractivity contribution in [1.29, 1.82) is 5.26 Å². The van der Waals surface area contributed by atoms with E-state index in [1.165, 1.54) is 0 Å². The Morgan fingerprint density at radius 1 is 1.50 bits per heavy atom.